The number of methoxy groups -OCH3 is 1. The molecule has 24 atom stereocenters. The highest BCUT2D eigenvalue weighted by Gasteiger charge is 2.89. The lowest BCUT2D eigenvalue weighted by atomic mass is 9.57. The lowest BCUT2D eigenvalue weighted by molar-refractivity contribution is -0.543. The van der Waals surface area contributed by atoms with Gasteiger partial charge in [-0.15, -0.1) is 0 Å². The largest absolute Gasteiger partial charge is 0.479 e. The minimum Gasteiger partial charge on any atom is -0.479 e. The summed E-state index contributed by atoms with van der Waals surface area (Å²) in [4.78, 5) is 68.8. The molecule has 5 aliphatic rings. The highest BCUT2D eigenvalue weighted by molar-refractivity contribution is 5.83. The van der Waals surface area contributed by atoms with Gasteiger partial charge in [0.25, 0.3) is 0 Å². The Balaban J connectivity index is 0.00000292. The van der Waals surface area contributed by atoms with Crippen LogP contribution in [0, 0.1) is 0 Å². The fourth-order valence-electron chi connectivity index (χ4n) is 15.0. The topological polar surface area (TPSA) is 481 Å². The zero-order chi connectivity index (χ0) is 74.3. The summed E-state index contributed by atoms with van der Waals surface area (Å²) in [6.07, 6.45) is 5.54. The van der Waals surface area contributed by atoms with E-state index in [1.165, 1.54) is 39.5 Å². The van der Waals surface area contributed by atoms with Crippen LogP contribution in [0.15, 0.2) is 0 Å². The quantitative estimate of drug-likeness (QED) is 0.0931. The number of hydrogen-bond donors (Lipinski definition) is 15. The summed E-state index contributed by atoms with van der Waals surface area (Å²) in [5, 5.41) is 183. The molecular formula is C63H110O30. The van der Waals surface area contributed by atoms with Crippen molar-refractivity contribution in [3.63, 3.8) is 0 Å². The van der Waals surface area contributed by atoms with Crippen molar-refractivity contribution in [2.24, 2.45) is 0 Å². The highest BCUT2D eigenvalue weighted by Crippen LogP contribution is 2.68. The van der Waals surface area contributed by atoms with Gasteiger partial charge in [0.2, 0.25) is 0 Å². The Morgan fingerprint density at radius 2 is 0.430 bits per heavy atom. The first kappa shape index (κ1) is 82.0. The fraction of sp³-hybridized carbons (Fsp3) is 0.921. The molecular weight excluding hydrogens is 1240 g/mol. The van der Waals surface area contributed by atoms with Crippen LogP contribution in [0.1, 0.15) is 220 Å². The summed E-state index contributed by atoms with van der Waals surface area (Å²) in [5.74, 6) is -22.6. The van der Waals surface area contributed by atoms with Crippen LogP contribution in [-0.2, 0) is 71.3 Å². The van der Waals surface area contributed by atoms with Gasteiger partial charge < -0.3 is 124 Å². The predicted octanol–water partition coefficient (Wildman–Crippen LogP) is 2.60. The molecule has 0 amide bonds. The third-order valence-electron chi connectivity index (χ3n) is 25.7. The van der Waals surface area contributed by atoms with Gasteiger partial charge in [0.15, 0.2) is 51.2 Å². The van der Waals surface area contributed by atoms with E-state index in [2.05, 4.69) is 13.8 Å². The molecule has 0 spiro atoms. The summed E-state index contributed by atoms with van der Waals surface area (Å²) in [6.45, 7) is 27.6. The van der Waals surface area contributed by atoms with Gasteiger partial charge in [-0.3, -0.25) is 0 Å². The first-order valence-corrected chi connectivity index (χ1v) is 30.8. The number of rotatable bonds is 17. The van der Waals surface area contributed by atoms with E-state index in [-0.39, 0.29) is 0 Å². The van der Waals surface area contributed by atoms with Crippen LogP contribution in [0.4, 0.5) is 0 Å². The van der Waals surface area contributed by atoms with Gasteiger partial charge in [-0.25, -0.2) is 24.0 Å². The van der Waals surface area contributed by atoms with Crippen molar-refractivity contribution >= 4 is 29.8 Å². The van der Waals surface area contributed by atoms with Crippen LogP contribution >= 0.6 is 0 Å². The molecule has 5 heterocycles. The summed E-state index contributed by atoms with van der Waals surface area (Å²) in [7, 11) is 1.01. The Morgan fingerprint density at radius 3 is 0.602 bits per heavy atom. The molecule has 0 aromatic heterocycles. The molecule has 5 fully saturated rings. The maximum atomic E-state index is 14.2. The number of unbranched alkanes of at least 4 members (excludes halogenated alkanes) is 3. The number of aliphatic hydroxyl groups is 10. The molecule has 15 N–H and O–H groups in total. The minimum absolute atomic E-state index is 0.718. The van der Waals surface area contributed by atoms with E-state index >= 15 is 0 Å². The summed E-state index contributed by atoms with van der Waals surface area (Å²) < 4.78 is 62.4. The van der Waals surface area contributed by atoms with E-state index in [0.717, 1.165) is 173 Å². The zero-order valence-corrected chi connectivity index (χ0v) is 59.7. The lowest BCUT2D eigenvalue weighted by Crippen LogP contribution is -2.93. The number of carboxylic acids is 5. The summed E-state index contributed by atoms with van der Waals surface area (Å²) >= 11 is 0. The zero-order valence-electron chi connectivity index (χ0n) is 59.7. The molecule has 93 heavy (non-hydrogen) atoms. The molecule has 10 unspecified atom stereocenters. The monoisotopic (exact) mass is 1350 g/mol. The molecule has 0 aromatic rings. The minimum atomic E-state index is -3.38. The van der Waals surface area contributed by atoms with E-state index in [4.69, 9.17) is 47.4 Å². The first-order valence-electron chi connectivity index (χ1n) is 30.8. The van der Waals surface area contributed by atoms with Crippen LogP contribution in [0.5, 0.6) is 0 Å². The van der Waals surface area contributed by atoms with E-state index in [1.54, 1.807) is 0 Å². The Hall–Kier alpha value is -3.45. The van der Waals surface area contributed by atoms with Crippen LogP contribution in [0.2, 0.25) is 0 Å². The van der Waals surface area contributed by atoms with Gasteiger partial charge in [-0.05, 0) is 180 Å². The maximum Gasteiger partial charge on any atom is 0.338 e. The van der Waals surface area contributed by atoms with Gasteiger partial charge in [0.05, 0.1) is 5.60 Å². The molecule has 0 radical (unpaired) electrons. The second-order valence-corrected chi connectivity index (χ2v) is 30.7. The van der Waals surface area contributed by atoms with Crippen LogP contribution in [-0.4, -0.2) is 254 Å². The third-order valence-corrected chi connectivity index (χ3v) is 25.7. The second-order valence-electron chi connectivity index (χ2n) is 30.7. The van der Waals surface area contributed by atoms with Crippen molar-refractivity contribution in [1.82, 2.24) is 0 Å². The Bertz CT molecular complexity index is 2970. The van der Waals surface area contributed by atoms with Crippen molar-refractivity contribution in [2.45, 2.75) is 360 Å². The fourth-order valence-corrected chi connectivity index (χ4v) is 15.0. The average Bonchev–Trinajstić information content (AvgIpc) is 0.665. The SMILES string of the molecule is CCCCCC.CO[C@]1(C)C(C)(C(=O)O)O[C@@](C)(O[C@@]2(C)C(C)(O)C(C)(O)[C@](C)(O[C@]3(C)C(C)(C(=O)O)O[C@@](C)(O[C@@]4(C)C(C)(O)C(C)(O)[C@](C)(O[C@]5(C)C(C)(C(=O)O)OC(C)(C)C(C)(O)[C@]5(C)O)O[C@@]4(C)C(=O)O)C(C)(O)[C@@]3(C)O)O[C@@]2(C)C(=O)O)C(C)(O)[C@]1(C)O. The van der Waals surface area contributed by atoms with Crippen LogP contribution < -0.4 is 0 Å². The number of aliphatic carboxylic acids is 5. The Morgan fingerprint density at radius 1 is 0.269 bits per heavy atom. The molecule has 30 heteroatoms. The molecule has 0 bridgehead atoms. The van der Waals surface area contributed by atoms with Crippen LogP contribution in [0.3, 0.4) is 0 Å². The smallest absolute Gasteiger partial charge is 0.338 e. The van der Waals surface area contributed by atoms with Gasteiger partial charge >= 0.3 is 29.8 Å². The lowest BCUT2D eigenvalue weighted by Gasteiger charge is -2.73. The molecule has 5 aliphatic heterocycles. The van der Waals surface area contributed by atoms with Crippen molar-refractivity contribution in [3.8, 4) is 0 Å². The molecule has 30 nitrogen and oxygen atoms in total. The van der Waals surface area contributed by atoms with Gasteiger partial charge in [-0.1, -0.05) is 39.5 Å². The van der Waals surface area contributed by atoms with E-state index in [0.29, 0.717) is 0 Å². The van der Waals surface area contributed by atoms with Crippen LogP contribution in [0.25, 0.3) is 0 Å². The highest BCUT2D eigenvalue weighted by atomic mass is 16.8. The molecule has 0 aliphatic carbocycles. The average molecular weight is 1350 g/mol. The molecule has 0 aromatic carbocycles. The molecule has 0 saturated carbocycles. The van der Waals surface area contributed by atoms with Crippen molar-refractivity contribution < 1.29 is 148 Å². The maximum absolute atomic E-state index is 14.2. The standard InChI is InChI=1S/C57H96O30.C6H14/c1-33(2)39(8,68)40(9,69)50(19,35(4,79-33)29(60)61)84-55(24)46(15,75)42(11,71)52(21,37(6,81-55)31(64)65)86-57(26)48(17,77)44(13,73)53(22,38(7,83-57)32(66)67)87-56(25)47(16,76)43(12,72)51(20,36(5,82-56)30(62)63)85-54(23)45(14,74)41(10,70)49(18,78-27)34(3,80-54)28(58)59;1-3-5-6-4-2/h68-77H,1-27H3,(H,58,59)(H,60,61)(H,62,63)(H,64,65)(H,66,67);3-6H2,1-2H3/t34?,35?,36-,37-,38?,39?,40-,41-,42?,43?,44+,45?,46?,47?,48?,49+,50+,51+,52+,53+,54-,55-,56-,57-;/m0./s1. The van der Waals surface area contributed by atoms with Crippen molar-refractivity contribution in [3.05, 3.63) is 0 Å². The summed E-state index contributed by atoms with van der Waals surface area (Å²) in [6, 6.07) is 0. The molecule has 5 saturated heterocycles. The van der Waals surface area contributed by atoms with Gasteiger partial charge in [0.1, 0.15) is 84.0 Å². The molecule has 542 valence electrons. The number of ether oxygens (including phenoxy) is 10. The number of carboxylic acid groups (broad SMARTS) is 5. The predicted molar refractivity (Wildman–Crippen MR) is 323 cm³/mol. The van der Waals surface area contributed by atoms with Crippen molar-refractivity contribution in [1.29, 1.82) is 0 Å². The summed E-state index contributed by atoms with van der Waals surface area (Å²) in [5.41, 5.74) is -62.6. The van der Waals surface area contributed by atoms with Gasteiger partial charge in [0, 0.05) is 7.11 Å². The normalized spacial score (nSPS) is 55.5. The Kier molecular flexibility index (Phi) is 19.4. The van der Waals surface area contributed by atoms with Crippen molar-refractivity contribution in [2.75, 3.05) is 7.11 Å². The van der Waals surface area contributed by atoms with Gasteiger partial charge in [-0.2, -0.15) is 0 Å². The van der Waals surface area contributed by atoms with E-state index in [9.17, 15) is 101 Å². The molecule has 5 rings (SSSR count). The number of carbonyl (C=O) groups is 5. The Labute approximate surface area is 543 Å². The van der Waals surface area contributed by atoms with E-state index in [1.807, 2.05) is 0 Å². The second kappa shape index (κ2) is 22.0. The van der Waals surface area contributed by atoms with E-state index < -0.39 is 171 Å². The number of hydrogen-bond acceptors (Lipinski definition) is 25. The first-order chi connectivity index (χ1) is 40.6. The third kappa shape index (κ3) is 9.34.